The number of hydrogen-bond donors (Lipinski definition) is 2. The Bertz CT molecular complexity index is 1350. The van der Waals surface area contributed by atoms with Crippen molar-refractivity contribution in [3.8, 4) is 11.5 Å². The summed E-state index contributed by atoms with van der Waals surface area (Å²) in [6.45, 7) is 3.04. The van der Waals surface area contributed by atoms with Crippen molar-refractivity contribution >= 4 is 16.9 Å². The van der Waals surface area contributed by atoms with Gasteiger partial charge in [-0.3, -0.25) is 0 Å². The highest BCUT2D eigenvalue weighted by Crippen LogP contribution is 2.29. The van der Waals surface area contributed by atoms with E-state index in [1.165, 1.54) is 12.1 Å². The molecule has 4 aromatic rings. The summed E-state index contributed by atoms with van der Waals surface area (Å²) in [5.41, 5.74) is 4.33. The molecule has 1 aromatic heterocycles. The molecule has 0 aliphatic rings. The Hall–Kier alpha value is -3.84. The van der Waals surface area contributed by atoms with Crippen LogP contribution >= 0.6 is 0 Å². The maximum absolute atomic E-state index is 13.8. The number of halogens is 1. The summed E-state index contributed by atoms with van der Waals surface area (Å²) in [5, 5.41) is 14.4. The number of aromatic nitrogens is 1. The SMILES string of the molecule is COc1ccc(CNCc2c(C(=O)O)n(Cc3cccc(F)c3)c3cc(C)ccc23)c(OC)c1. The van der Waals surface area contributed by atoms with Crippen LogP contribution < -0.4 is 14.8 Å². The summed E-state index contributed by atoms with van der Waals surface area (Å²) >= 11 is 0. The van der Waals surface area contributed by atoms with Gasteiger partial charge in [0.25, 0.3) is 0 Å². The molecule has 176 valence electrons. The molecule has 0 aliphatic heterocycles. The number of aryl methyl sites for hydroxylation is 1. The average Bonchev–Trinajstić information content (AvgIpc) is 3.11. The molecule has 0 saturated carbocycles. The monoisotopic (exact) mass is 462 g/mol. The van der Waals surface area contributed by atoms with Crippen LogP contribution in [-0.2, 0) is 19.6 Å². The lowest BCUT2D eigenvalue weighted by Gasteiger charge is -2.12. The molecule has 0 aliphatic carbocycles. The Labute approximate surface area is 197 Å². The highest BCUT2D eigenvalue weighted by Gasteiger charge is 2.22. The van der Waals surface area contributed by atoms with E-state index in [4.69, 9.17) is 9.47 Å². The van der Waals surface area contributed by atoms with E-state index in [0.717, 1.165) is 22.0 Å². The van der Waals surface area contributed by atoms with Crippen LogP contribution in [0.1, 0.15) is 32.7 Å². The van der Waals surface area contributed by atoms with Crippen LogP contribution in [0.5, 0.6) is 11.5 Å². The Balaban J connectivity index is 1.70. The largest absolute Gasteiger partial charge is 0.497 e. The average molecular weight is 463 g/mol. The van der Waals surface area contributed by atoms with Gasteiger partial charge in [0, 0.05) is 47.7 Å². The summed E-state index contributed by atoms with van der Waals surface area (Å²) in [6.07, 6.45) is 0. The fraction of sp³-hybridized carbons (Fsp3) is 0.222. The first-order valence-corrected chi connectivity index (χ1v) is 10.9. The molecule has 0 spiro atoms. The number of hydrogen-bond acceptors (Lipinski definition) is 4. The van der Waals surface area contributed by atoms with Gasteiger partial charge in [-0.05, 0) is 42.3 Å². The minimum atomic E-state index is -1.02. The number of carbonyl (C=O) groups is 1. The Morgan fingerprint density at radius 3 is 2.56 bits per heavy atom. The third kappa shape index (κ3) is 4.75. The maximum Gasteiger partial charge on any atom is 0.352 e. The van der Waals surface area contributed by atoms with Crippen LogP contribution in [0, 0.1) is 12.7 Å². The van der Waals surface area contributed by atoms with E-state index in [2.05, 4.69) is 5.32 Å². The first-order chi connectivity index (χ1) is 16.4. The molecule has 1 heterocycles. The van der Waals surface area contributed by atoms with Gasteiger partial charge in [0.1, 0.15) is 23.0 Å². The fourth-order valence-electron chi connectivity index (χ4n) is 4.26. The molecule has 0 fully saturated rings. The molecule has 0 amide bonds. The molecule has 4 rings (SSSR count). The zero-order valence-corrected chi connectivity index (χ0v) is 19.4. The van der Waals surface area contributed by atoms with Gasteiger partial charge in [0.05, 0.1) is 14.2 Å². The van der Waals surface area contributed by atoms with Crippen molar-refractivity contribution in [1.29, 1.82) is 0 Å². The fourth-order valence-corrected chi connectivity index (χ4v) is 4.26. The molecule has 6 nitrogen and oxygen atoms in total. The molecule has 0 unspecified atom stereocenters. The van der Waals surface area contributed by atoms with Gasteiger partial charge >= 0.3 is 5.97 Å². The van der Waals surface area contributed by atoms with E-state index in [9.17, 15) is 14.3 Å². The summed E-state index contributed by atoms with van der Waals surface area (Å²) in [6, 6.07) is 17.7. The van der Waals surface area contributed by atoms with E-state index >= 15 is 0 Å². The molecular weight excluding hydrogens is 435 g/mol. The maximum atomic E-state index is 13.8. The number of benzene rings is 3. The Morgan fingerprint density at radius 1 is 1.03 bits per heavy atom. The zero-order chi connectivity index (χ0) is 24.2. The van der Waals surface area contributed by atoms with E-state index in [1.54, 1.807) is 30.9 Å². The van der Waals surface area contributed by atoms with Gasteiger partial charge in [-0.15, -0.1) is 0 Å². The number of methoxy groups -OCH3 is 2. The second kappa shape index (κ2) is 9.97. The highest BCUT2D eigenvalue weighted by atomic mass is 19.1. The summed E-state index contributed by atoms with van der Waals surface area (Å²) < 4.78 is 26.3. The van der Waals surface area contributed by atoms with Crippen LogP contribution in [-0.4, -0.2) is 29.9 Å². The number of aromatic carboxylic acids is 1. The first kappa shape index (κ1) is 23.3. The van der Waals surface area contributed by atoms with Crippen molar-refractivity contribution in [2.24, 2.45) is 0 Å². The van der Waals surface area contributed by atoms with E-state index in [1.807, 2.05) is 43.3 Å². The van der Waals surface area contributed by atoms with E-state index in [-0.39, 0.29) is 18.1 Å². The minimum Gasteiger partial charge on any atom is -0.497 e. The standard InChI is InChI=1S/C27H27FN2O4/c1-17-7-10-22-23(15-29-14-19-8-9-21(33-2)13-25(19)34-3)26(27(31)32)30(24(22)11-17)16-18-5-4-6-20(28)12-18/h4-13,29H,14-16H2,1-3H3,(H,31,32). The van der Waals surface area contributed by atoms with Crippen molar-refractivity contribution < 1.29 is 23.8 Å². The Kier molecular flexibility index (Phi) is 6.84. The number of carboxylic acid groups (broad SMARTS) is 1. The van der Waals surface area contributed by atoms with Crippen LogP contribution in [0.25, 0.3) is 10.9 Å². The van der Waals surface area contributed by atoms with Crippen LogP contribution in [0.3, 0.4) is 0 Å². The first-order valence-electron chi connectivity index (χ1n) is 10.9. The molecule has 0 atom stereocenters. The predicted molar refractivity (Wildman–Crippen MR) is 129 cm³/mol. The topological polar surface area (TPSA) is 72.7 Å². The number of ether oxygens (including phenoxy) is 2. The van der Waals surface area contributed by atoms with Crippen molar-refractivity contribution in [2.45, 2.75) is 26.6 Å². The molecule has 0 bridgehead atoms. The van der Waals surface area contributed by atoms with Gasteiger partial charge in [-0.1, -0.05) is 30.3 Å². The van der Waals surface area contributed by atoms with E-state index in [0.29, 0.717) is 35.7 Å². The van der Waals surface area contributed by atoms with Gasteiger partial charge in [-0.25, -0.2) is 9.18 Å². The number of nitrogens with zero attached hydrogens (tertiary/aromatic N) is 1. The zero-order valence-electron chi connectivity index (χ0n) is 19.4. The van der Waals surface area contributed by atoms with Crippen molar-refractivity contribution in [3.63, 3.8) is 0 Å². The second-order valence-electron chi connectivity index (χ2n) is 8.15. The van der Waals surface area contributed by atoms with Gasteiger partial charge in [0.2, 0.25) is 0 Å². The van der Waals surface area contributed by atoms with Crippen LogP contribution in [0.15, 0.2) is 60.7 Å². The minimum absolute atomic E-state index is 0.194. The highest BCUT2D eigenvalue weighted by molar-refractivity contribution is 5.98. The number of fused-ring (bicyclic) bond motifs is 1. The normalized spacial score (nSPS) is 11.1. The smallest absolute Gasteiger partial charge is 0.352 e. The molecule has 0 radical (unpaired) electrons. The molecule has 7 heteroatoms. The second-order valence-corrected chi connectivity index (χ2v) is 8.15. The van der Waals surface area contributed by atoms with Gasteiger partial charge in [-0.2, -0.15) is 0 Å². The van der Waals surface area contributed by atoms with Crippen LogP contribution in [0.4, 0.5) is 4.39 Å². The van der Waals surface area contributed by atoms with Crippen molar-refractivity contribution in [3.05, 3.63) is 94.4 Å². The van der Waals surface area contributed by atoms with Crippen LogP contribution in [0.2, 0.25) is 0 Å². The number of nitrogens with one attached hydrogen (secondary N) is 1. The number of carboxylic acids is 1. The molecular formula is C27H27FN2O4. The van der Waals surface area contributed by atoms with Gasteiger partial charge in [0.15, 0.2) is 0 Å². The lowest BCUT2D eigenvalue weighted by molar-refractivity contribution is 0.0684. The molecule has 2 N–H and O–H groups in total. The molecule has 34 heavy (non-hydrogen) atoms. The van der Waals surface area contributed by atoms with Crippen molar-refractivity contribution in [2.75, 3.05) is 14.2 Å². The molecule has 0 saturated heterocycles. The quantitative estimate of drug-likeness (QED) is 0.360. The Morgan fingerprint density at radius 2 is 1.85 bits per heavy atom. The van der Waals surface area contributed by atoms with Gasteiger partial charge < -0.3 is 24.5 Å². The summed E-state index contributed by atoms with van der Waals surface area (Å²) in [7, 11) is 3.20. The number of rotatable bonds is 9. The lowest BCUT2D eigenvalue weighted by atomic mass is 10.1. The lowest BCUT2D eigenvalue weighted by Crippen LogP contribution is -2.17. The summed E-state index contributed by atoms with van der Waals surface area (Å²) in [4.78, 5) is 12.4. The third-order valence-electron chi connectivity index (χ3n) is 5.87. The molecule has 3 aromatic carbocycles. The summed E-state index contributed by atoms with van der Waals surface area (Å²) in [5.74, 6) is 0.0143. The predicted octanol–water partition coefficient (Wildman–Crippen LogP) is 5.14. The van der Waals surface area contributed by atoms with E-state index < -0.39 is 5.97 Å². The van der Waals surface area contributed by atoms with Crippen molar-refractivity contribution in [1.82, 2.24) is 9.88 Å². The third-order valence-corrected chi connectivity index (χ3v) is 5.87.